The Bertz CT molecular complexity index is 635. The van der Waals surface area contributed by atoms with Crippen LogP contribution in [0.3, 0.4) is 0 Å². The SMILES string of the molecule is Cc1nc(CNc2nccn(C3CC3)c2=O)oc1C. The number of nitrogens with one attached hydrogen (secondary N) is 1. The zero-order valence-corrected chi connectivity index (χ0v) is 11.0. The monoisotopic (exact) mass is 260 g/mol. The second-order valence-electron chi connectivity index (χ2n) is 4.82. The molecule has 0 aromatic carbocycles. The van der Waals surface area contributed by atoms with Crippen molar-refractivity contribution >= 4 is 5.82 Å². The fourth-order valence-corrected chi connectivity index (χ4v) is 1.96. The number of hydrogen-bond donors (Lipinski definition) is 1. The highest BCUT2D eigenvalue weighted by atomic mass is 16.4. The van der Waals surface area contributed by atoms with Crippen molar-refractivity contribution in [2.24, 2.45) is 0 Å². The Morgan fingerprint density at radius 2 is 2.26 bits per heavy atom. The van der Waals surface area contributed by atoms with E-state index in [4.69, 9.17) is 4.42 Å². The maximum absolute atomic E-state index is 12.1. The molecular formula is C13H16N4O2. The number of nitrogens with zero attached hydrogens (tertiary/aromatic N) is 3. The van der Waals surface area contributed by atoms with E-state index in [0.717, 1.165) is 24.3 Å². The average molecular weight is 260 g/mol. The summed E-state index contributed by atoms with van der Waals surface area (Å²) in [5.74, 6) is 1.72. The van der Waals surface area contributed by atoms with Gasteiger partial charge in [0.2, 0.25) is 5.89 Å². The normalized spacial score (nSPS) is 14.6. The van der Waals surface area contributed by atoms with Crippen molar-refractivity contribution < 1.29 is 4.42 Å². The van der Waals surface area contributed by atoms with E-state index in [-0.39, 0.29) is 5.56 Å². The minimum atomic E-state index is -0.0787. The molecule has 6 heteroatoms. The molecule has 0 saturated heterocycles. The first-order valence-electron chi connectivity index (χ1n) is 6.39. The smallest absolute Gasteiger partial charge is 0.293 e. The van der Waals surface area contributed by atoms with Crippen LogP contribution in [0.25, 0.3) is 0 Å². The second-order valence-corrected chi connectivity index (χ2v) is 4.82. The van der Waals surface area contributed by atoms with E-state index in [1.807, 2.05) is 13.8 Å². The quantitative estimate of drug-likeness (QED) is 0.907. The summed E-state index contributed by atoms with van der Waals surface area (Å²) in [5.41, 5.74) is 0.790. The lowest BCUT2D eigenvalue weighted by Gasteiger charge is -2.06. The number of aryl methyl sites for hydroxylation is 2. The first-order chi connectivity index (χ1) is 9.15. The summed E-state index contributed by atoms with van der Waals surface area (Å²) in [7, 11) is 0. The van der Waals surface area contributed by atoms with Crippen molar-refractivity contribution in [1.82, 2.24) is 14.5 Å². The minimum Gasteiger partial charge on any atom is -0.444 e. The van der Waals surface area contributed by atoms with Crippen LogP contribution in [0.4, 0.5) is 5.82 Å². The van der Waals surface area contributed by atoms with E-state index < -0.39 is 0 Å². The van der Waals surface area contributed by atoms with Gasteiger partial charge in [-0.3, -0.25) is 4.79 Å². The number of aromatic nitrogens is 3. The van der Waals surface area contributed by atoms with Gasteiger partial charge in [0, 0.05) is 18.4 Å². The first-order valence-corrected chi connectivity index (χ1v) is 6.39. The second kappa shape index (κ2) is 4.53. The topological polar surface area (TPSA) is 73.0 Å². The fraction of sp³-hybridized carbons (Fsp3) is 0.462. The maximum Gasteiger partial charge on any atom is 0.293 e. The van der Waals surface area contributed by atoms with Gasteiger partial charge in [0.25, 0.3) is 5.56 Å². The third-order valence-corrected chi connectivity index (χ3v) is 3.29. The van der Waals surface area contributed by atoms with Gasteiger partial charge in [0.15, 0.2) is 5.82 Å². The van der Waals surface area contributed by atoms with Gasteiger partial charge >= 0.3 is 0 Å². The molecule has 1 aliphatic carbocycles. The molecule has 0 bridgehead atoms. The lowest BCUT2D eigenvalue weighted by atomic mass is 10.4. The Hall–Kier alpha value is -2.11. The van der Waals surface area contributed by atoms with E-state index in [2.05, 4.69) is 15.3 Å². The molecule has 0 radical (unpaired) electrons. The number of anilines is 1. The van der Waals surface area contributed by atoms with Gasteiger partial charge in [0.1, 0.15) is 5.76 Å². The van der Waals surface area contributed by atoms with Crippen molar-refractivity contribution in [3.8, 4) is 0 Å². The van der Waals surface area contributed by atoms with Crippen LogP contribution < -0.4 is 10.9 Å². The first kappa shape index (κ1) is 12.0. The van der Waals surface area contributed by atoms with Gasteiger partial charge in [0.05, 0.1) is 12.2 Å². The standard InChI is InChI=1S/C13H16N4O2/c1-8-9(2)19-11(16-8)7-15-12-13(18)17(6-5-14-12)10-3-4-10/h5-6,10H,3-4,7H2,1-2H3,(H,14,15). The van der Waals surface area contributed by atoms with Crippen molar-refractivity contribution in [3.05, 3.63) is 40.1 Å². The Morgan fingerprint density at radius 1 is 1.47 bits per heavy atom. The number of oxazole rings is 1. The highest BCUT2D eigenvalue weighted by Crippen LogP contribution is 2.33. The predicted molar refractivity (Wildman–Crippen MR) is 70.1 cm³/mol. The van der Waals surface area contributed by atoms with Crippen LogP contribution in [-0.4, -0.2) is 14.5 Å². The van der Waals surface area contributed by atoms with Crippen molar-refractivity contribution in [2.75, 3.05) is 5.32 Å². The zero-order chi connectivity index (χ0) is 13.4. The third kappa shape index (κ3) is 2.38. The summed E-state index contributed by atoms with van der Waals surface area (Å²) < 4.78 is 7.19. The molecule has 0 spiro atoms. The number of hydrogen-bond acceptors (Lipinski definition) is 5. The van der Waals surface area contributed by atoms with Gasteiger partial charge in [-0.2, -0.15) is 0 Å². The zero-order valence-electron chi connectivity index (χ0n) is 11.0. The molecule has 2 aromatic heterocycles. The maximum atomic E-state index is 12.1. The molecule has 0 amide bonds. The molecule has 3 rings (SSSR count). The average Bonchev–Trinajstić information content (AvgIpc) is 3.16. The predicted octanol–water partition coefficient (Wildman–Crippen LogP) is 1.80. The van der Waals surface area contributed by atoms with Crippen LogP contribution in [-0.2, 0) is 6.54 Å². The van der Waals surface area contributed by atoms with Crippen LogP contribution in [0.1, 0.15) is 36.2 Å². The Kier molecular flexibility index (Phi) is 2.85. The van der Waals surface area contributed by atoms with Crippen molar-refractivity contribution in [1.29, 1.82) is 0 Å². The largest absolute Gasteiger partial charge is 0.444 e. The molecule has 100 valence electrons. The van der Waals surface area contributed by atoms with E-state index >= 15 is 0 Å². The summed E-state index contributed by atoms with van der Waals surface area (Å²) in [6, 6.07) is 0.349. The Morgan fingerprint density at radius 3 is 2.89 bits per heavy atom. The van der Waals surface area contributed by atoms with Crippen LogP contribution in [0, 0.1) is 13.8 Å². The van der Waals surface area contributed by atoms with Gasteiger partial charge in [-0.05, 0) is 26.7 Å². The van der Waals surface area contributed by atoms with Crippen LogP contribution in [0.5, 0.6) is 0 Å². The van der Waals surface area contributed by atoms with Gasteiger partial charge in [-0.25, -0.2) is 9.97 Å². The van der Waals surface area contributed by atoms with Gasteiger partial charge in [-0.15, -0.1) is 0 Å². The summed E-state index contributed by atoms with van der Waals surface area (Å²) >= 11 is 0. The van der Waals surface area contributed by atoms with Crippen molar-refractivity contribution in [2.45, 2.75) is 39.3 Å². The lowest BCUT2D eigenvalue weighted by molar-refractivity contribution is 0.478. The molecule has 0 atom stereocenters. The van der Waals surface area contributed by atoms with E-state index in [9.17, 15) is 4.79 Å². The summed E-state index contributed by atoms with van der Waals surface area (Å²) in [6.07, 6.45) is 5.53. The molecular weight excluding hydrogens is 244 g/mol. The van der Waals surface area contributed by atoms with E-state index in [1.165, 1.54) is 0 Å². The molecule has 6 nitrogen and oxygen atoms in total. The van der Waals surface area contributed by atoms with Gasteiger partial charge in [-0.1, -0.05) is 0 Å². The molecule has 0 aliphatic heterocycles. The summed E-state index contributed by atoms with van der Waals surface area (Å²) in [5, 5.41) is 2.99. The highest BCUT2D eigenvalue weighted by molar-refractivity contribution is 5.31. The Balaban J connectivity index is 1.76. The molecule has 1 aliphatic rings. The van der Waals surface area contributed by atoms with Crippen molar-refractivity contribution in [3.63, 3.8) is 0 Å². The van der Waals surface area contributed by atoms with Crippen LogP contribution >= 0.6 is 0 Å². The molecule has 19 heavy (non-hydrogen) atoms. The molecule has 2 aromatic rings. The number of rotatable bonds is 4. The Labute approximate surface area is 110 Å². The molecule has 0 unspecified atom stereocenters. The minimum absolute atomic E-state index is 0.0787. The highest BCUT2D eigenvalue weighted by Gasteiger charge is 2.25. The molecule has 1 N–H and O–H groups in total. The molecule has 1 saturated carbocycles. The van der Waals surface area contributed by atoms with Crippen LogP contribution in [0.15, 0.2) is 21.6 Å². The van der Waals surface area contributed by atoms with Gasteiger partial charge < -0.3 is 14.3 Å². The summed E-state index contributed by atoms with van der Waals surface area (Å²) in [4.78, 5) is 20.5. The summed E-state index contributed by atoms with van der Waals surface area (Å²) in [6.45, 7) is 4.13. The molecule has 2 heterocycles. The van der Waals surface area contributed by atoms with E-state index in [1.54, 1.807) is 17.0 Å². The fourth-order valence-electron chi connectivity index (χ4n) is 1.96. The van der Waals surface area contributed by atoms with E-state index in [0.29, 0.717) is 24.3 Å². The third-order valence-electron chi connectivity index (χ3n) is 3.29. The lowest BCUT2D eigenvalue weighted by Crippen LogP contribution is -2.23. The molecule has 1 fully saturated rings. The van der Waals surface area contributed by atoms with Crippen LogP contribution in [0.2, 0.25) is 0 Å².